The summed E-state index contributed by atoms with van der Waals surface area (Å²) < 4.78 is 0. The Labute approximate surface area is 120 Å². The molecule has 0 radical (unpaired) electrons. The van der Waals surface area contributed by atoms with Gasteiger partial charge in [0, 0.05) is 37.2 Å². The molecule has 1 aromatic carbocycles. The summed E-state index contributed by atoms with van der Waals surface area (Å²) in [6.07, 6.45) is 3.62. The molecule has 3 rings (SSSR count). The minimum atomic E-state index is 0.583. The van der Waals surface area contributed by atoms with Crippen LogP contribution in [0.15, 0.2) is 30.6 Å². The summed E-state index contributed by atoms with van der Waals surface area (Å²) in [4.78, 5) is 8.90. The molecule has 0 amide bonds. The summed E-state index contributed by atoms with van der Waals surface area (Å²) in [5.41, 5.74) is 6.39. The lowest BCUT2D eigenvalue weighted by molar-refractivity contribution is 0.618. The van der Waals surface area contributed by atoms with Crippen molar-refractivity contribution in [1.29, 1.82) is 0 Å². The molecule has 104 valence electrons. The Balaban J connectivity index is 1.84. The molecule has 0 aliphatic carbocycles. The molecule has 0 bridgehead atoms. The molecule has 20 heavy (non-hydrogen) atoms. The van der Waals surface area contributed by atoms with Crippen molar-refractivity contribution in [3.63, 3.8) is 0 Å². The minimum Gasteiger partial charge on any atom is -0.312 e. The Bertz CT molecular complexity index is 588. The third-order valence-corrected chi connectivity index (χ3v) is 3.98. The average Bonchev–Trinajstić information content (AvgIpc) is 2.48. The molecule has 0 fully saturated rings. The van der Waals surface area contributed by atoms with Crippen LogP contribution < -0.4 is 5.32 Å². The molecule has 3 heteroatoms. The maximum Gasteiger partial charge on any atom is 0.115 e. The molecule has 0 saturated carbocycles. The molecular formula is C17H21N3. The van der Waals surface area contributed by atoms with Gasteiger partial charge >= 0.3 is 0 Å². The Hall–Kier alpha value is -1.74. The zero-order valence-corrected chi connectivity index (χ0v) is 12.2. The number of hydrogen-bond donors (Lipinski definition) is 1. The number of nitrogens with one attached hydrogen (secondary N) is 1. The Kier molecular flexibility index (Phi) is 3.79. The summed E-state index contributed by atoms with van der Waals surface area (Å²) >= 11 is 0. The molecule has 1 aliphatic rings. The summed E-state index contributed by atoms with van der Waals surface area (Å²) in [7, 11) is 0. The largest absolute Gasteiger partial charge is 0.312 e. The smallest absolute Gasteiger partial charge is 0.115 e. The highest BCUT2D eigenvalue weighted by Gasteiger charge is 2.15. The van der Waals surface area contributed by atoms with Crippen molar-refractivity contribution in [3.05, 3.63) is 58.7 Å². The molecule has 3 nitrogen and oxygen atoms in total. The fourth-order valence-corrected chi connectivity index (χ4v) is 2.70. The minimum absolute atomic E-state index is 0.583. The number of rotatable bonds is 3. The van der Waals surface area contributed by atoms with E-state index < -0.39 is 0 Å². The Morgan fingerprint density at radius 3 is 2.70 bits per heavy atom. The van der Waals surface area contributed by atoms with Gasteiger partial charge in [-0.3, -0.25) is 0 Å². The highest BCUT2D eigenvalue weighted by atomic mass is 14.9. The molecule has 1 aliphatic heterocycles. The summed E-state index contributed by atoms with van der Waals surface area (Å²) in [5, 5.41) is 3.41. The van der Waals surface area contributed by atoms with Crippen LogP contribution >= 0.6 is 0 Å². The van der Waals surface area contributed by atoms with Crippen LogP contribution in [0, 0.1) is 0 Å². The molecule has 0 unspecified atom stereocenters. The normalized spacial score (nSPS) is 14.3. The number of benzene rings is 1. The lowest BCUT2D eigenvalue weighted by Gasteiger charge is -2.18. The molecule has 0 saturated heterocycles. The summed E-state index contributed by atoms with van der Waals surface area (Å²) in [5.74, 6) is 0.583. The molecule has 1 N–H and O–H groups in total. The second kappa shape index (κ2) is 5.71. The van der Waals surface area contributed by atoms with Crippen LogP contribution in [-0.4, -0.2) is 16.5 Å². The van der Waals surface area contributed by atoms with Crippen molar-refractivity contribution in [2.24, 2.45) is 0 Å². The van der Waals surface area contributed by atoms with Gasteiger partial charge in [-0.2, -0.15) is 0 Å². The van der Waals surface area contributed by atoms with E-state index in [1.165, 1.54) is 28.1 Å². The molecule has 2 heterocycles. The fraction of sp³-hybridized carbons (Fsp3) is 0.412. The van der Waals surface area contributed by atoms with Gasteiger partial charge in [0.15, 0.2) is 0 Å². The summed E-state index contributed by atoms with van der Waals surface area (Å²) in [6.45, 7) is 6.37. The lowest BCUT2D eigenvalue weighted by atomic mass is 9.97. The van der Waals surface area contributed by atoms with Crippen molar-refractivity contribution < 1.29 is 0 Å². The highest BCUT2D eigenvalue weighted by molar-refractivity contribution is 5.33. The predicted molar refractivity (Wildman–Crippen MR) is 80.8 cm³/mol. The van der Waals surface area contributed by atoms with Crippen LogP contribution in [0.5, 0.6) is 0 Å². The number of fused-ring (bicyclic) bond motifs is 1. The van der Waals surface area contributed by atoms with Crippen molar-refractivity contribution >= 4 is 0 Å². The molecule has 2 aromatic rings. The Morgan fingerprint density at radius 1 is 1.15 bits per heavy atom. The Morgan fingerprint density at radius 2 is 1.95 bits per heavy atom. The first-order valence-corrected chi connectivity index (χ1v) is 7.35. The van der Waals surface area contributed by atoms with E-state index in [0.29, 0.717) is 5.92 Å². The standard InChI is InChI=1S/C17H21N3/c1-12(2)14-5-3-13(4-6-14)9-17-15-10-18-8-7-16(15)19-11-20-17/h3-6,11-12,18H,7-10H2,1-2H3. The van der Waals surface area contributed by atoms with E-state index in [9.17, 15) is 0 Å². The first kappa shape index (κ1) is 13.3. The van der Waals surface area contributed by atoms with E-state index in [4.69, 9.17) is 0 Å². The summed E-state index contributed by atoms with van der Waals surface area (Å²) in [6, 6.07) is 8.90. The van der Waals surface area contributed by atoms with E-state index >= 15 is 0 Å². The molecular weight excluding hydrogens is 246 g/mol. The van der Waals surface area contributed by atoms with Crippen LogP contribution in [0.25, 0.3) is 0 Å². The first-order valence-electron chi connectivity index (χ1n) is 7.35. The first-order chi connectivity index (χ1) is 9.74. The number of nitrogens with zero attached hydrogens (tertiary/aromatic N) is 2. The van der Waals surface area contributed by atoms with Gasteiger partial charge in [-0.1, -0.05) is 38.1 Å². The zero-order valence-electron chi connectivity index (χ0n) is 12.2. The van der Waals surface area contributed by atoms with Gasteiger partial charge in [0.1, 0.15) is 6.33 Å². The van der Waals surface area contributed by atoms with E-state index in [-0.39, 0.29) is 0 Å². The van der Waals surface area contributed by atoms with Crippen LogP contribution in [-0.2, 0) is 19.4 Å². The molecule has 0 atom stereocenters. The van der Waals surface area contributed by atoms with Crippen LogP contribution in [0.1, 0.15) is 47.8 Å². The van der Waals surface area contributed by atoms with Gasteiger partial charge in [-0.25, -0.2) is 9.97 Å². The van der Waals surface area contributed by atoms with E-state index in [1.54, 1.807) is 6.33 Å². The van der Waals surface area contributed by atoms with E-state index in [2.05, 4.69) is 53.4 Å². The van der Waals surface area contributed by atoms with Crippen LogP contribution in [0.2, 0.25) is 0 Å². The molecule has 1 aromatic heterocycles. The third kappa shape index (κ3) is 2.73. The predicted octanol–water partition coefficient (Wildman–Crippen LogP) is 2.84. The van der Waals surface area contributed by atoms with Crippen LogP contribution in [0.4, 0.5) is 0 Å². The quantitative estimate of drug-likeness (QED) is 0.929. The maximum atomic E-state index is 4.49. The van der Waals surface area contributed by atoms with Gasteiger partial charge in [-0.15, -0.1) is 0 Å². The van der Waals surface area contributed by atoms with Crippen molar-refractivity contribution in [2.75, 3.05) is 6.54 Å². The zero-order chi connectivity index (χ0) is 13.9. The number of aromatic nitrogens is 2. The second-order valence-electron chi connectivity index (χ2n) is 5.75. The van der Waals surface area contributed by atoms with Crippen molar-refractivity contribution in [1.82, 2.24) is 15.3 Å². The number of hydrogen-bond acceptors (Lipinski definition) is 3. The second-order valence-corrected chi connectivity index (χ2v) is 5.75. The third-order valence-electron chi connectivity index (χ3n) is 3.98. The van der Waals surface area contributed by atoms with E-state index in [0.717, 1.165) is 25.9 Å². The van der Waals surface area contributed by atoms with Gasteiger partial charge < -0.3 is 5.32 Å². The highest BCUT2D eigenvalue weighted by Crippen LogP contribution is 2.19. The van der Waals surface area contributed by atoms with Gasteiger partial charge in [0.05, 0.1) is 5.69 Å². The average molecular weight is 267 g/mol. The van der Waals surface area contributed by atoms with Crippen LogP contribution in [0.3, 0.4) is 0 Å². The fourth-order valence-electron chi connectivity index (χ4n) is 2.70. The van der Waals surface area contributed by atoms with Gasteiger partial charge in [0.25, 0.3) is 0 Å². The van der Waals surface area contributed by atoms with Crippen molar-refractivity contribution in [2.45, 2.75) is 39.2 Å². The van der Waals surface area contributed by atoms with Gasteiger partial charge in [-0.05, 0) is 17.0 Å². The topological polar surface area (TPSA) is 37.8 Å². The monoisotopic (exact) mass is 267 g/mol. The van der Waals surface area contributed by atoms with Gasteiger partial charge in [0.2, 0.25) is 0 Å². The lowest BCUT2D eigenvalue weighted by Crippen LogP contribution is -2.26. The maximum absolute atomic E-state index is 4.49. The SMILES string of the molecule is CC(C)c1ccc(Cc2ncnc3c2CNCC3)cc1. The van der Waals surface area contributed by atoms with E-state index in [1.807, 2.05) is 0 Å². The van der Waals surface area contributed by atoms with Crippen molar-refractivity contribution in [3.8, 4) is 0 Å². The molecule has 0 spiro atoms.